The van der Waals surface area contributed by atoms with Crippen molar-refractivity contribution >= 4 is 22.4 Å². The summed E-state index contributed by atoms with van der Waals surface area (Å²) in [6.07, 6.45) is 0. The Hall–Kier alpha value is -1.42. The van der Waals surface area contributed by atoms with Gasteiger partial charge in [-0.25, -0.2) is 9.49 Å². The van der Waals surface area contributed by atoms with E-state index in [-0.39, 0.29) is 16.3 Å². The van der Waals surface area contributed by atoms with Crippen LogP contribution < -0.4 is 5.56 Å². The summed E-state index contributed by atoms with van der Waals surface area (Å²) < 4.78 is 13.6. The quantitative estimate of drug-likeness (QED) is 0.833. The fraction of sp³-hybridized carbons (Fsp3) is 0.273. The molecule has 1 aromatic heterocycles. The number of fused-ring (bicyclic) bond motifs is 1. The predicted molar refractivity (Wildman–Crippen MR) is 61.4 cm³/mol. The molecule has 0 aliphatic heterocycles. The van der Waals surface area contributed by atoms with Crippen LogP contribution in [0.4, 0.5) is 4.39 Å². The smallest absolute Gasteiger partial charge is 0.267 e. The van der Waals surface area contributed by atoms with Crippen molar-refractivity contribution < 1.29 is 4.39 Å². The number of aromatic nitrogens is 2. The minimum absolute atomic E-state index is 0.0168. The largest absolute Gasteiger partial charge is 0.275 e. The summed E-state index contributed by atoms with van der Waals surface area (Å²) >= 11 is 5.77. The minimum Gasteiger partial charge on any atom is -0.267 e. The van der Waals surface area contributed by atoms with Gasteiger partial charge in [-0.15, -0.1) is 0 Å². The van der Waals surface area contributed by atoms with Crippen molar-refractivity contribution in [1.82, 2.24) is 10.2 Å². The van der Waals surface area contributed by atoms with Gasteiger partial charge < -0.3 is 0 Å². The number of aromatic amines is 1. The summed E-state index contributed by atoms with van der Waals surface area (Å²) in [6, 6.07) is 2.70. The Labute approximate surface area is 96.2 Å². The molecule has 0 unspecified atom stereocenters. The van der Waals surface area contributed by atoms with E-state index in [0.717, 1.165) is 6.07 Å². The molecule has 1 N–H and O–H groups in total. The maximum atomic E-state index is 13.6. The SMILES string of the molecule is CC(C)c1n[nH]c(=O)c2c(F)cc(Cl)cc12. The lowest BCUT2D eigenvalue weighted by atomic mass is 10.0. The van der Waals surface area contributed by atoms with Gasteiger partial charge in [0.1, 0.15) is 5.82 Å². The lowest BCUT2D eigenvalue weighted by Crippen LogP contribution is -2.13. The molecule has 0 aliphatic carbocycles. The molecule has 1 aromatic carbocycles. The fourth-order valence-electron chi connectivity index (χ4n) is 1.67. The molecule has 84 valence electrons. The standard InChI is InChI=1S/C11H10ClFN2O/c1-5(2)10-7-3-6(12)4-8(13)9(7)11(16)15-14-10/h3-5H,1-2H3,(H,15,16). The van der Waals surface area contributed by atoms with Gasteiger partial charge in [-0.05, 0) is 18.1 Å². The van der Waals surface area contributed by atoms with E-state index in [9.17, 15) is 9.18 Å². The van der Waals surface area contributed by atoms with Gasteiger partial charge in [0.2, 0.25) is 0 Å². The zero-order valence-corrected chi connectivity index (χ0v) is 9.60. The van der Waals surface area contributed by atoms with Gasteiger partial charge in [-0.1, -0.05) is 25.4 Å². The molecule has 0 amide bonds. The van der Waals surface area contributed by atoms with Crippen molar-refractivity contribution in [2.75, 3.05) is 0 Å². The molecule has 0 fully saturated rings. The maximum Gasteiger partial charge on any atom is 0.275 e. The summed E-state index contributed by atoms with van der Waals surface area (Å²) in [6.45, 7) is 3.83. The molecule has 0 saturated heterocycles. The molecule has 2 rings (SSSR count). The minimum atomic E-state index is -0.618. The molecule has 0 saturated carbocycles. The number of rotatable bonds is 1. The molecule has 0 aliphatic rings. The van der Waals surface area contributed by atoms with Crippen LogP contribution in [0.3, 0.4) is 0 Å². The normalized spacial score (nSPS) is 11.3. The summed E-state index contributed by atoms with van der Waals surface area (Å²) in [4.78, 5) is 11.5. The van der Waals surface area contributed by atoms with Crippen molar-refractivity contribution in [3.8, 4) is 0 Å². The highest BCUT2D eigenvalue weighted by Gasteiger charge is 2.14. The average molecular weight is 241 g/mol. The first-order valence-electron chi connectivity index (χ1n) is 4.88. The molecular formula is C11H10ClFN2O. The van der Waals surface area contributed by atoms with Gasteiger partial charge in [0, 0.05) is 10.4 Å². The third-order valence-corrected chi connectivity index (χ3v) is 2.60. The van der Waals surface area contributed by atoms with Gasteiger partial charge in [0.25, 0.3) is 5.56 Å². The Balaban J connectivity index is 2.98. The van der Waals surface area contributed by atoms with E-state index in [1.807, 2.05) is 13.8 Å². The lowest BCUT2D eigenvalue weighted by molar-refractivity contribution is 0.637. The third-order valence-electron chi connectivity index (χ3n) is 2.38. The number of benzene rings is 1. The Kier molecular flexibility index (Phi) is 2.68. The van der Waals surface area contributed by atoms with Crippen molar-refractivity contribution in [2.45, 2.75) is 19.8 Å². The van der Waals surface area contributed by atoms with E-state index in [2.05, 4.69) is 10.2 Å². The predicted octanol–water partition coefficient (Wildman–Crippen LogP) is 2.84. The van der Waals surface area contributed by atoms with E-state index in [1.54, 1.807) is 6.07 Å². The number of halogens is 2. The zero-order valence-electron chi connectivity index (χ0n) is 8.84. The molecule has 3 nitrogen and oxygen atoms in total. The highest BCUT2D eigenvalue weighted by molar-refractivity contribution is 6.31. The average Bonchev–Trinajstić information content (AvgIpc) is 2.15. The second-order valence-electron chi connectivity index (χ2n) is 3.90. The number of hydrogen-bond donors (Lipinski definition) is 1. The molecule has 2 aromatic rings. The van der Waals surface area contributed by atoms with Crippen LogP contribution in [0.25, 0.3) is 10.8 Å². The maximum absolute atomic E-state index is 13.6. The van der Waals surface area contributed by atoms with Crippen LogP contribution in [0, 0.1) is 5.82 Å². The first-order chi connectivity index (χ1) is 7.50. The van der Waals surface area contributed by atoms with E-state index in [1.165, 1.54) is 0 Å². The molecule has 5 heteroatoms. The molecule has 1 heterocycles. The fourth-order valence-corrected chi connectivity index (χ4v) is 1.88. The van der Waals surface area contributed by atoms with Crippen molar-refractivity contribution in [2.24, 2.45) is 0 Å². The van der Waals surface area contributed by atoms with Gasteiger partial charge in [0.15, 0.2) is 0 Å². The van der Waals surface area contributed by atoms with Gasteiger partial charge in [-0.3, -0.25) is 4.79 Å². The van der Waals surface area contributed by atoms with Gasteiger partial charge in [-0.2, -0.15) is 5.10 Å². The Morgan fingerprint density at radius 1 is 1.44 bits per heavy atom. The van der Waals surface area contributed by atoms with Crippen LogP contribution in [-0.4, -0.2) is 10.2 Å². The Morgan fingerprint density at radius 3 is 2.75 bits per heavy atom. The second-order valence-corrected chi connectivity index (χ2v) is 4.34. The van der Waals surface area contributed by atoms with Crippen LogP contribution in [-0.2, 0) is 0 Å². The van der Waals surface area contributed by atoms with Gasteiger partial charge >= 0.3 is 0 Å². The van der Waals surface area contributed by atoms with E-state index in [0.29, 0.717) is 11.1 Å². The number of nitrogens with one attached hydrogen (secondary N) is 1. The molecule has 0 spiro atoms. The molecule has 0 radical (unpaired) electrons. The summed E-state index contributed by atoms with van der Waals surface area (Å²) in [5.41, 5.74) is 0.101. The first-order valence-corrected chi connectivity index (χ1v) is 5.26. The van der Waals surface area contributed by atoms with Crippen molar-refractivity contribution in [1.29, 1.82) is 0 Å². The van der Waals surface area contributed by atoms with Crippen LogP contribution in [0.1, 0.15) is 25.5 Å². The molecule has 0 atom stereocenters. The zero-order chi connectivity index (χ0) is 11.9. The summed E-state index contributed by atoms with van der Waals surface area (Å²) in [7, 11) is 0. The van der Waals surface area contributed by atoms with E-state index in [4.69, 9.17) is 11.6 Å². The lowest BCUT2D eigenvalue weighted by Gasteiger charge is -2.08. The number of hydrogen-bond acceptors (Lipinski definition) is 2. The summed E-state index contributed by atoms with van der Waals surface area (Å²) in [5.74, 6) is -0.537. The second kappa shape index (κ2) is 3.87. The van der Waals surface area contributed by atoms with E-state index >= 15 is 0 Å². The van der Waals surface area contributed by atoms with Crippen LogP contribution in [0.15, 0.2) is 16.9 Å². The Bertz CT molecular complexity index is 607. The number of H-pyrrole nitrogens is 1. The van der Waals surface area contributed by atoms with Gasteiger partial charge in [0.05, 0.1) is 11.1 Å². The topological polar surface area (TPSA) is 45.8 Å². The number of nitrogens with zero attached hydrogens (tertiary/aromatic N) is 1. The van der Waals surface area contributed by atoms with E-state index < -0.39 is 11.4 Å². The van der Waals surface area contributed by atoms with Crippen molar-refractivity contribution in [3.63, 3.8) is 0 Å². The van der Waals surface area contributed by atoms with Crippen LogP contribution in [0.2, 0.25) is 5.02 Å². The highest BCUT2D eigenvalue weighted by atomic mass is 35.5. The molecular weight excluding hydrogens is 231 g/mol. The van der Waals surface area contributed by atoms with Crippen LogP contribution in [0.5, 0.6) is 0 Å². The third kappa shape index (κ3) is 1.69. The molecule has 16 heavy (non-hydrogen) atoms. The van der Waals surface area contributed by atoms with Crippen molar-refractivity contribution in [3.05, 3.63) is 39.0 Å². The highest BCUT2D eigenvalue weighted by Crippen LogP contribution is 2.25. The first kappa shape index (κ1) is 11.1. The monoisotopic (exact) mass is 240 g/mol. The van der Waals surface area contributed by atoms with Crippen LogP contribution >= 0.6 is 11.6 Å². The molecule has 0 bridgehead atoms. The Morgan fingerprint density at radius 2 is 2.12 bits per heavy atom. The summed E-state index contributed by atoms with van der Waals surface area (Å²) in [5, 5.41) is 6.98.